The molecule has 8 nitrogen and oxygen atoms in total. The highest BCUT2D eigenvalue weighted by atomic mass is 16.4. The Balaban J connectivity index is 2.57. The average Bonchev–Trinajstić information content (AvgIpc) is 2.72. The van der Waals surface area contributed by atoms with E-state index in [4.69, 9.17) is 9.52 Å². The highest BCUT2D eigenvalue weighted by molar-refractivity contribution is 5.90. The first-order chi connectivity index (χ1) is 8.92. The van der Waals surface area contributed by atoms with Crippen LogP contribution in [0.2, 0.25) is 0 Å². The van der Waals surface area contributed by atoms with Gasteiger partial charge in [0, 0.05) is 13.0 Å². The van der Waals surface area contributed by atoms with Crippen LogP contribution >= 0.6 is 0 Å². The largest absolute Gasteiger partial charge is 0.480 e. The van der Waals surface area contributed by atoms with Gasteiger partial charge >= 0.3 is 12.0 Å². The van der Waals surface area contributed by atoms with Crippen molar-refractivity contribution in [1.29, 1.82) is 0 Å². The number of carbonyl (C=O) groups excluding carboxylic acids is 1. The van der Waals surface area contributed by atoms with E-state index in [0.717, 1.165) is 6.42 Å². The molecule has 0 aliphatic rings. The maximum absolute atomic E-state index is 11.8. The highest BCUT2D eigenvalue weighted by Crippen LogP contribution is 2.06. The van der Waals surface area contributed by atoms with Crippen molar-refractivity contribution in [1.82, 2.24) is 15.1 Å². The summed E-state index contributed by atoms with van der Waals surface area (Å²) in [7, 11) is 0. The van der Waals surface area contributed by atoms with Crippen LogP contribution in [0.15, 0.2) is 4.42 Å². The number of nitrogens with one attached hydrogen (secondary N) is 1. The van der Waals surface area contributed by atoms with Crippen molar-refractivity contribution >= 4 is 17.9 Å². The normalized spacial score (nSPS) is 12.4. The number of carboxylic acids is 1. The zero-order chi connectivity index (χ0) is 14.4. The van der Waals surface area contributed by atoms with Gasteiger partial charge in [0.15, 0.2) is 0 Å². The molecule has 0 fully saturated rings. The molecule has 0 saturated heterocycles. The molecule has 106 valence electrons. The van der Waals surface area contributed by atoms with Crippen molar-refractivity contribution in [3.63, 3.8) is 0 Å². The van der Waals surface area contributed by atoms with Gasteiger partial charge in [0.1, 0.15) is 0 Å². The fourth-order valence-electron chi connectivity index (χ4n) is 1.49. The molecule has 1 aromatic rings. The van der Waals surface area contributed by atoms with Crippen molar-refractivity contribution in [2.45, 2.75) is 33.2 Å². The predicted molar refractivity (Wildman–Crippen MR) is 66.6 cm³/mol. The number of hydrogen-bond acceptors (Lipinski definition) is 6. The minimum Gasteiger partial charge on any atom is -0.480 e. The first-order valence-electron chi connectivity index (χ1n) is 5.98. The lowest BCUT2D eigenvalue weighted by Crippen LogP contribution is -2.42. The lowest BCUT2D eigenvalue weighted by Gasteiger charge is -2.25. The molecular weight excluding hydrogens is 252 g/mol. The molecule has 0 saturated carbocycles. The van der Waals surface area contributed by atoms with Crippen molar-refractivity contribution < 1.29 is 19.1 Å². The monoisotopic (exact) mass is 270 g/mol. The van der Waals surface area contributed by atoms with Gasteiger partial charge < -0.3 is 9.52 Å². The number of rotatable bonds is 7. The van der Waals surface area contributed by atoms with Gasteiger partial charge in [-0.3, -0.25) is 19.8 Å². The number of nitrogens with zero attached hydrogens (tertiary/aromatic N) is 3. The Bertz CT molecular complexity index is 446. The van der Waals surface area contributed by atoms with Crippen LogP contribution in [0.1, 0.15) is 26.2 Å². The summed E-state index contributed by atoms with van der Waals surface area (Å²) in [5, 5.41) is 18.5. The second kappa shape index (κ2) is 6.83. The summed E-state index contributed by atoms with van der Waals surface area (Å²) >= 11 is 0. The van der Waals surface area contributed by atoms with Crippen molar-refractivity contribution in [3.05, 3.63) is 5.89 Å². The van der Waals surface area contributed by atoms with E-state index in [2.05, 4.69) is 15.5 Å². The number of aliphatic carboxylic acids is 1. The molecule has 1 rings (SSSR count). The van der Waals surface area contributed by atoms with Crippen LogP contribution in [0.3, 0.4) is 0 Å². The Morgan fingerprint density at radius 1 is 1.42 bits per heavy atom. The van der Waals surface area contributed by atoms with Gasteiger partial charge in [-0.25, -0.2) is 0 Å². The molecule has 0 aliphatic heterocycles. The zero-order valence-electron chi connectivity index (χ0n) is 11.2. The van der Waals surface area contributed by atoms with E-state index in [1.54, 1.807) is 11.8 Å². The van der Waals surface area contributed by atoms with E-state index in [9.17, 15) is 9.59 Å². The fraction of sp³-hybridized carbons (Fsp3) is 0.636. The molecule has 8 heteroatoms. The Kier molecular flexibility index (Phi) is 5.43. The number of anilines is 1. The van der Waals surface area contributed by atoms with Gasteiger partial charge in [0.2, 0.25) is 11.8 Å². The second-order valence-corrected chi connectivity index (χ2v) is 4.23. The van der Waals surface area contributed by atoms with Gasteiger partial charge in [0.25, 0.3) is 0 Å². The predicted octanol–water partition coefficient (Wildman–Crippen LogP) is 0.502. The number of aryl methyl sites for hydroxylation is 1. The summed E-state index contributed by atoms with van der Waals surface area (Å²) in [6.45, 7) is 5.18. The fourth-order valence-corrected chi connectivity index (χ4v) is 1.49. The Morgan fingerprint density at radius 2 is 2.11 bits per heavy atom. The van der Waals surface area contributed by atoms with E-state index in [1.807, 2.05) is 13.8 Å². The minimum atomic E-state index is -0.971. The van der Waals surface area contributed by atoms with Crippen molar-refractivity contribution in [3.8, 4) is 0 Å². The third-order valence-electron chi connectivity index (χ3n) is 2.67. The summed E-state index contributed by atoms with van der Waals surface area (Å²) < 4.78 is 5.01. The third-order valence-corrected chi connectivity index (χ3v) is 2.67. The quantitative estimate of drug-likeness (QED) is 0.742. The topological polar surface area (TPSA) is 109 Å². The van der Waals surface area contributed by atoms with Crippen LogP contribution in [0.4, 0.5) is 6.01 Å². The Morgan fingerprint density at radius 3 is 2.58 bits per heavy atom. The molecule has 0 bridgehead atoms. The molecule has 0 aromatic carbocycles. The number of amides is 1. The molecule has 19 heavy (non-hydrogen) atoms. The second-order valence-electron chi connectivity index (χ2n) is 4.23. The molecular formula is C11H18N4O4. The molecule has 0 radical (unpaired) electrons. The Labute approximate surface area is 110 Å². The molecule has 0 spiro atoms. The summed E-state index contributed by atoms with van der Waals surface area (Å²) in [6, 6.07) is 0.00759. The number of hydrogen-bond donors (Lipinski definition) is 2. The van der Waals surface area contributed by atoms with Gasteiger partial charge in [-0.2, -0.15) is 0 Å². The summed E-state index contributed by atoms with van der Waals surface area (Å²) in [5.41, 5.74) is 0. The van der Waals surface area contributed by atoms with Crippen LogP contribution in [-0.2, 0) is 9.59 Å². The summed E-state index contributed by atoms with van der Waals surface area (Å²) in [4.78, 5) is 24.1. The van der Waals surface area contributed by atoms with E-state index in [1.165, 1.54) is 0 Å². The van der Waals surface area contributed by atoms with E-state index in [-0.39, 0.29) is 31.1 Å². The first-order valence-corrected chi connectivity index (χ1v) is 5.98. The minimum absolute atomic E-state index is 0.00808. The highest BCUT2D eigenvalue weighted by Gasteiger charge is 2.19. The number of carboxylic acid groups (broad SMARTS) is 1. The molecule has 0 aliphatic carbocycles. The van der Waals surface area contributed by atoms with Gasteiger partial charge in [-0.05, 0) is 13.3 Å². The van der Waals surface area contributed by atoms with E-state index >= 15 is 0 Å². The smallest absolute Gasteiger partial charge is 0.322 e. The molecule has 1 heterocycles. The van der Waals surface area contributed by atoms with Crippen LogP contribution in [0, 0.1) is 6.92 Å². The zero-order valence-corrected chi connectivity index (χ0v) is 11.2. The molecule has 1 aromatic heterocycles. The molecule has 1 amide bonds. The van der Waals surface area contributed by atoms with Crippen LogP contribution in [-0.4, -0.2) is 51.2 Å². The summed E-state index contributed by atoms with van der Waals surface area (Å²) in [5.74, 6) is -1.01. The SMILES string of the molecule is CCC(C)N(CC(=O)O)CC(=O)Nc1nnc(C)o1. The molecule has 1 atom stereocenters. The Hall–Kier alpha value is -1.96. The first kappa shape index (κ1) is 15.1. The van der Waals surface area contributed by atoms with Crippen molar-refractivity contribution in [2.24, 2.45) is 0 Å². The summed E-state index contributed by atoms with van der Waals surface area (Å²) in [6.07, 6.45) is 0.750. The lowest BCUT2D eigenvalue weighted by atomic mass is 10.2. The third kappa shape index (κ3) is 5.04. The lowest BCUT2D eigenvalue weighted by molar-refractivity contribution is -0.139. The van der Waals surface area contributed by atoms with Crippen LogP contribution in [0.25, 0.3) is 0 Å². The number of aromatic nitrogens is 2. The standard InChI is InChI=1S/C11H18N4O4/c1-4-7(2)15(6-10(17)18)5-9(16)12-11-14-13-8(3)19-11/h7H,4-6H2,1-3H3,(H,17,18)(H,12,14,16). The van der Waals surface area contributed by atoms with Gasteiger partial charge in [-0.15, -0.1) is 5.10 Å². The molecule has 1 unspecified atom stereocenters. The average molecular weight is 270 g/mol. The maximum Gasteiger partial charge on any atom is 0.322 e. The maximum atomic E-state index is 11.8. The van der Waals surface area contributed by atoms with Crippen LogP contribution in [0.5, 0.6) is 0 Å². The number of carbonyl (C=O) groups is 2. The van der Waals surface area contributed by atoms with Crippen molar-refractivity contribution in [2.75, 3.05) is 18.4 Å². The van der Waals surface area contributed by atoms with E-state index < -0.39 is 5.97 Å². The molecule has 2 N–H and O–H groups in total. The van der Waals surface area contributed by atoms with Crippen LogP contribution < -0.4 is 5.32 Å². The van der Waals surface area contributed by atoms with Gasteiger partial charge in [-0.1, -0.05) is 12.0 Å². The van der Waals surface area contributed by atoms with E-state index in [0.29, 0.717) is 5.89 Å². The van der Waals surface area contributed by atoms with Gasteiger partial charge in [0.05, 0.1) is 13.1 Å².